The fourth-order valence-corrected chi connectivity index (χ4v) is 5.06. The molecule has 0 aromatic carbocycles. The van der Waals surface area contributed by atoms with Crippen molar-refractivity contribution in [2.45, 2.75) is 52.4 Å². The van der Waals surface area contributed by atoms with Gasteiger partial charge in [-0.1, -0.05) is 0 Å². The van der Waals surface area contributed by atoms with E-state index in [2.05, 4.69) is 20.4 Å². The van der Waals surface area contributed by atoms with Crippen molar-refractivity contribution in [2.24, 2.45) is 0 Å². The lowest BCUT2D eigenvalue weighted by atomic mass is 9.97. The number of hydrogen-bond acceptors (Lipinski definition) is 7. The van der Waals surface area contributed by atoms with E-state index in [4.69, 9.17) is 0 Å². The molecule has 4 rings (SSSR count). The Labute approximate surface area is 202 Å². The lowest BCUT2D eigenvalue weighted by Gasteiger charge is -2.31. The van der Waals surface area contributed by atoms with Crippen LogP contribution in [0, 0.1) is 13.8 Å². The summed E-state index contributed by atoms with van der Waals surface area (Å²) < 4.78 is 1.71. The van der Waals surface area contributed by atoms with Crippen molar-refractivity contribution in [1.29, 1.82) is 0 Å². The minimum Gasteiger partial charge on any atom is -0.343 e. The second-order valence-electron chi connectivity index (χ2n) is 8.60. The number of likely N-dealkylation sites (tertiary alicyclic amines) is 1. The summed E-state index contributed by atoms with van der Waals surface area (Å²) in [4.78, 5) is 47.2. The molecular formula is C24H28N6O3S. The van der Waals surface area contributed by atoms with Crippen LogP contribution in [-0.2, 0) is 9.59 Å². The predicted octanol–water partition coefficient (Wildman–Crippen LogP) is 3.67. The number of piperidine rings is 1. The second-order valence-corrected chi connectivity index (χ2v) is 9.49. The summed E-state index contributed by atoms with van der Waals surface area (Å²) >= 11 is 1.47. The van der Waals surface area contributed by atoms with Crippen molar-refractivity contribution in [3.8, 4) is 5.82 Å². The van der Waals surface area contributed by atoms with Gasteiger partial charge in [0.05, 0.1) is 16.4 Å². The standard InChI is InChI=1S/C24H28N6O3S/c1-15-13-16(2)30(28-15)22-19(5-4-10-25-22)26-23(33)20-14-34-24(27-20)18-8-11-29(12-9-18)21(32)7-6-17(3)31/h4-5,10,13-14,18H,6-9,11-12H2,1-3H3,(H,26,33). The van der Waals surface area contributed by atoms with Gasteiger partial charge in [0.25, 0.3) is 5.91 Å². The molecule has 3 aromatic rings. The molecule has 9 nitrogen and oxygen atoms in total. The first-order valence-corrected chi connectivity index (χ1v) is 12.2. The number of rotatable bonds is 7. The molecule has 4 heterocycles. The molecule has 0 bridgehead atoms. The van der Waals surface area contributed by atoms with E-state index in [1.54, 1.807) is 28.4 Å². The maximum atomic E-state index is 12.9. The highest BCUT2D eigenvalue weighted by Gasteiger charge is 2.26. The molecule has 1 fully saturated rings. The molecule has 178 valence electrons. The van der Waals surface area contributed by atoms with Gasteiger partial charge in [0.15, 0.2) is 5.82 Å². The fraction of sp³-hybridized carbons (Fsp3) is 0.417. The quantitative estimate of drug-likeness (QED) is 0.553. The highest BCUT2D eigenvalue weighted by atomic mass is 32.1. The summed E-state index contributed by atoms with van der Waals surface area (Å²) in [5.74, 6) is 0.536. The maximum absolute atomic E-state index is 12.9. The summed E-state index contributed by atoms with van der Waals surface area (Å²) in [6.07, 6.45) is 3.83. The number of nitrogens with zero attached hydrogens (tertiary/aromatic N) is 5. The number of thiazole rings is 1. The average Bonchev–Trinajstić information content (AvgIpc) is 3.44. The van der Waals surface area contributed by atoms with E-state index >= 15 is 0 Å². The number of pyridine rings is 1. The van der Waals surface area contributed by atoms with E-state index < -0.39 is 0 Å². The van der Waals surface area contributed by atoms with Gasteiger partial charge in [-0.25, -0.2) is 14.6 Å². The number of hydrogen-bond donors (Lipinski definition) is 1. The number of Topliss-reactive ketones (excluding diaryl/α,β-unsaturated/α-hetero) is 1. The first-order valence-electron chi connectivity index (χ1n) is 11.3. The molecule has 34 heavy (non-hydrogen) atoms. The number of aromatic nitrogens is 4. The van der Waals surface area contributed by atoms with Crippen LogP contribution in [0.1, 0.15) is 65.4 Å². The zero-order chi connectivity index (χ0) is 24.2. The van der Waals surface area contributed by atoms with Crippen molar-refractivity contribution in [3.63, 3.8) is 0 Å². The van der Waals surface area contributed by atoms with Gasteiger partial charge in [0.1, 0.15) is 11.5 Å². The fourth-order valence-electron chi connectivity index (χ4n) is 4.09. The predicted molar refractivity (Wildman–Crippen MR) is 129 cm³/mol. The van der Waals surface area contributed by atoms with Crippen LogP contribution in [0.4, 0.5) is 5.69 Å². The number of anilines is 1. The van der Waals surface area contributed by atoms with Gasteiger partial charge in [0, 0.05) is 49.1 Å². The summed E-state index contributed by atoms with van der Waals surface area (Å²) in [5, 5.41) is 10.1. The van der Waals surface area contributed by atoms with Crippen molar-refractivity contribution in [3.05, 3.63) is 51.9 Å². The first kappa shape index (κ1) is 23.7. The Kier molecular flexibility index (Phi) is 7.16. The van der Waals surface area contributed by atoms with Gasteiger partial charge in [-0.2, -0.15) is 5.10 Å². The Morgan fingerprint density at radius 2 is 1.94 bits per heavy atom. The molecule has 3 aromatic heterocycles. The van der Waals surface area contributed by atoms with Crippen LogP contribution in [0.25, 0.3) is 5.82 Å². The Morgan fingerprint density at radius 3 is 2.62 bits per heavy atom. The Balaban J connectivity index is 1.39. The van der Waals surface area contributed by atoms with E-state index in [-0.39, 0.29) is 29.9 Å². The van der Waals surface area contributed by atoms with Crippen LogP contribution in [0.2, 0.25) is 0 Å². The summed E-state index contributed by atoms with van der Waals surface area (Å²) in [6.45, 7) is 6.64. The molecule has 1 aliphatic rings. The summed E-state index contributed by atoms with van der Waals surface area (Å²) in [5.41, 5.74) is 2.72. The van der Waals surface area contributed by atoms with E-state index in [1.807, 2.05) is 24.8 Å². The molecule has 2 amide bonds. The molecule has 0 saturated carbocycles. The number of aryl methyl sites for hydroxylation is 2. The maximum Gasteiger partial charge on any atom is 0.275 e. The third kappa shape index (κ3) is 5.39. The lowest BCUT2D eigenvalue weighted by molar-refractivity contribution is -0.133. The van der Waals surface area contributed by atoms with E-state index in [0.29, 0.717) is 36.7 Å². The van der Waals surface area contributed by atoms with Gasteiger partial charge in [-0.3, -0.25) is 9.59 Å². The highest BCUT2D eigenvalue weighted by molar-refractivity contribution is 7.10. The molecule has 0 unspecified atom stereocenters. The highest BCUT2D eigenvalue weighted by Crippen LogP contribution is 2.31. The van der Waals surface area contributed by atoms with Crippen LogP contribution in [0.15, 0.2) is 29.8 Å². The van der Waals surface area contributed by atoms with Crippen molar-refractivity contribution in [2.75, 3.05) is 18.4 Å². The molecule has 1 aliphatic heterocycles. The van der Waals surface area contributed by atoms with Gasteiger partial charge >= 0.3 is 0 Å². The molecule has 0 radical (unpaired) electrons. The zero-order valence-electron chi connectivity index (χ0n) is 19.6. The molecule has 0 aliphatic carbocycles. The molecule has 0 spiro atoms. The molecule has 1 saturated heterocycles. The lowest BCUT2D eigenvalue weighted by Crippen LogP contribution is -2.38. The number of amides is 2. The Bertz CT molecular complexity index is 1210. The Hall–Kier alpha value is -3.40. The summed E-state index contributed by atoms with van der Waals surface area (Å²) in [6, 6.07) is 5.51. The van der Waals surface area contributed by atoms with E-state index in [9.17, 15) is 14.4 Å². The number of ketones is 1. The minimum atomic E-state index is -0.296. The van der Waals surface area contributed by atoms with Crippen LogP contribution in [-0.4, -0.2) is 55.3 Å². The van der Waals surface area contributed by atoms with Crippen LogP contribution < -0.4 is 5.32 Å². The minimum absolute atomic E-state index is 0.0303. The van der Waals surface area contributed by atoms with Gasteiger partial charge < -0.3 is 15.0 Å². The molecule has 10 heteroatoms. The number of carbonyl (C=O) groups is 3. The number of carbonyl (C=O) groups excluding carboxylic acids is 3. The third-order valence-electron chi connectivity index (χ3n) is 5.89. The second kappa shape index (κ2) is 10.3. The summed E-state index contributed by atoms with van der Waals surface area (Å²) in [7, 11) is 0. The largest absolute Gasteiger partial charge is 0.343 e. The van der Waals surface area contributed by atoms with Crippen molar-refractivity contribution in [1.82, 2.24) is 24.6 Å². The molecular weight excluding hydrogens is 452 g/mol. The normalized spacial score (nSPS) is 14.3. The van der Waals surface area contributed by atoms with Crippen LogP contribution in [0.3, 0.4) is 0 Å². The molecule has 0 atom stereocenters. The smallest absolute Gasteiger partial charge is 0.275 e. The average molecular weight is 481 g/mol. The van der Waals surface area contributed by atoms with E-state index in [0.717, 1.165) is 29.2 Å². The van der Waals surface area contributed by atoms with Crippen LogP contribution >= 0.6 is 11.3 Å². The Morgan fingerprint density at radius 1 is 1.18 bits per heavy atom. The van der Waals surface area contributed by atoms with Gasteiger partial charge in [0.2, 0.25) is 5.91 Å². The van der Waals surface area contributed by atoms with E-state index in [1.165, 1.54) is 18.3 Å². The monoisotopic (exact) mass is 480 g/mol. The SMILES string of the molecule is CC(=O)CCC(=O)N1CCC(c2nc(C(=O)Nc3cccnc3-n3nc(C)cc3C)cs2)CC1. The van der Waals surface area contributed by atoms with Crippen molar-refractivity contribution < 1.29 is 14.4 Å². The first-order chi connectivity index (χ1) is 16.3. The molecule has 1 N–H and O–H groups in total. The van der Waals surface area contributed by atoms with Crippen LogP contribution in [0.5, 0.6) is 0 Å². The zero-order valence-corrected chi connectivity index (χ0v) is 20.4. The topological polar surface area (TPSA) is 110 Å². The number of nitrogens with one attached hydrogen (secondary N) is 1. The van der Waals surface area contributed by atoms with Crippen molar-refractivity contribution >= 4 is 34.6 Å². The van der Waals surface area contributed by atoms with Gasteiger partial charge in [-0.05, 0) is 51.8 Å². The third-order valence-corrected chi connectivity index (χ3v) is 6.89. The van der Waals surface area contributed by atoms with Gasteiger partial charge in [-0.15, -0.1) is 11.3 Å².